The highest BCUT2D eigenvalue weighted by atomic mass is 79.9. The van der Waals surface area contributed by atoms with Gasteiger partial charge < -0.3 is 15.5 Å². The number of aromatic carboxylic acids is 1. The number of carboxylic acids is 1. The predicted molar refractivity (Wildman–Crippen MR) is 84.7 cm³/mol. The number of carbonyl (C=O) groups excluding carboxylic acids is 1. The van der Waals surface area contributed by atoms with Gasteiger partial charge in [0.05, 0.1) is 15.0 Å². The molecule has 0 radical (unpaired) electrons. The number of carboxylic acid groups (broad SMARTS) is 1. The first-order valence-electron chi connectivity index (χ1n) is 5.76. The molecule has 0 bridgehead atoms. The molecule has 21 heavy (non-hydrogen) atoms. The first-order chi connectivity index (χ1) is 9.95. The normalized spacial score (nSPS) is 10.7. The van der Waals surface area contributed by atoms with Crippen molar-refractivity contribution in [1.82, 2.24) is 0 Å². The molecule has 5 nitrogen and oxygen atoms in total. The highest BCUT2D eigenvalue weighted by molar-refractivity contribution is 9.11. The van der Waals surface area contributed by atoms with Crippen LogP contribution in [0.15, 0.2) is 40.2 Å². The van der Waals surface area contributed by atoms with E-state index in [1.54, 1.807) is 6.08 Å². The molecular weight excluding hydrogens is 358 g/mol. The Bertz CT molecular complexity index is 724. The SMILES string of the molecule is O=C(/C=C/c1ccc(Br)s1)Nc1cc(C(=O)O)ccc1O. The molecule has 1 heterocycles. The lowest BCUT2D eigenvalue weighted by atomic mass is 10.2. The van der Waals surface area contributed by atoms with Crippen LogP contribution >= 0.6 is 27.3 Å². The van der Waals surface area contributed by atoms with Crippen molar-refractivity contribution in [2.75, 3.05) is 5.32 Å². The smallest absolute Gasteiger partial charge is 0.335 e. The number of anilines is 1. The van der Waals surface area contributed by atoms with Gasteiger partial charge in [-0.05, 0) is 52.3 Å². The van der Waals surface area contributed by atoms with E-state index in [2.05, 4.69) is 21.2 Å². The third kappa shape index (κ3) is 4.17. The number of phenols is 1. The van der Waals surface area contributed by atoms with E-state index in [0.717, 1.165) is 8.66 Å². The van der Waals surface area contributed by atoms with Crippen LogP contribution in [-0.4, -0.2) is 22.1 Å². The maximum Gasteiger partial charge on any atom is 0.335 e. The van der Waals surface area contributed by atoms with E-state index in [1.807, 2.05) is 12.1 Å². The van der Waals surface area contributed by atoms with Crippen LogP contribution < -0.4 is 5.32 Å². The van der Waals surface area contributed by atoms with E-state index in [1.165, 1.54) is 35.6 Å². The topological polar surface area (TPSA) is 86.6 Å². The minimum Gasteiger partial charge on any atom is -0.506 e. The first-order valence-corrected chi connectivity index (χ1v) is 7.37. The highest BCUT2D eigenvalue weighted by Crippen LogP contribution is 2.25. The van der Waals surface area contributed by atoms with Crippen molar-refractivity contribution in [3.8, 4) is 5.75 Å². The Balaban J connectivity index is 2.10. The van der Waals surface area contributed by atoms with Crippen molar-refractivity contribution in [2.24, 2.45) is 0 Å². The fourth-order valence-corrected chi connectivity index (χ4v) is 2.85. The van der Waals surface area contributed by atoms with Gasteiger partial charge in [0.25, 0.3) is 0 Å². The molecule has 0 aliphatic rings. The van der Waals surface area contributed by atoms with Crippen molar-refractivity contribution in [3.63, 3.8) is 0 Å². The summed E-state index contributed by atoms with van der Waals surface area (Å²) in [5.41, 5.74) is 0.0335. The molecule has 2 aromatic rings. The molecule has 0 unspecified atom stereocenters. The third-order valence-electron chi connectivity index (χ3n) is 2.49. The Kier molecular flexibility index (Phi) is 4.77. The molecule has 108 valence electrons. The summed E-state index contributed by atoms with van der Waals surface area (Å²) in [6, 6.07) is 7.39. The quantitative estimate of drug-likeness (QED) is 0.569. The lowest BCUT2D eigenvalue weighted by Gasteiger charge is -2.06. The van der Waals surface area contributed by atoms with Gasteiger partial charge in [-0.15, -0.1) is 11.3 Å². The zero-order chi connectivity index (χ0) is 15.4. The van der Waals surface area contributed by atoms with Gasteiger partial charge in [-0.3, -0.25) is 4.79 Å². The van der Waals surface area contributed by atoms with Crippen molar-refractivity contribution >= 4 is 50.9 Å². The second-order valence-corrected chi connectivity index (χ2v) is 6.50. The van der Waals surface area contributed by atoms with Gasteiger partial charge in [0, 0.05) is 11.0 Å². The summed E-state index contributed by atoms with van der Waals surface area (Å²) in [7, 11) is 0. The number of hydrogen-bond acceptors (Lipinski definition) is 4. The van der Waals surface area contributed by atoms with Crippen molar-refractivity contribution in [2.45, 2.75) is 0 Å². The van der Waals surface area contributed by atoms with Gasteiger partial charge in [0.1, 0.15) is 5.75 Å². The number of rotatable bonds is 4. The third-order valence-corrected chi connectivity index (χ3v) is 4.08. The molecular formula is C14H10BrNO4S. The van der Waals surface area contributed by atoms with Gasteiger partial charge in [-0.1, -0.05) is 0 Å². The molecule has 2 rings (SSSR count). The second-order valence-electron chi connectivity index (χ2n) is 4.00. The Morgan fingerprint density at radius 3 is 2.62 bits per heavy atom. The summed E-state index contributed by atoms with van der Waals surface area (Å²) in [5.74, 6) is -1.79. The summed E-state index contributed by atoms with van der Waals surface area (Å²) in [4.78, 5) is 23.5. The number of hydrogen-bond donors (Lipinski definition) is 3. The van der Waals surface area contributed by atoms with Crippen LogP contribution in [-0.2, 0) is 4.79 Å². The number of nitrogens with one attached hydrogen (secondary N) is 1. The van der Waals surface area contributed by atoms with Crippen LogP contribution in [0.1, 0.15) is 15.2 Å². The largest absolute Gasteiger partial charge is 0.506 e. The van der Waals surface area contributed by atoms with Gasteiger partial charge in [-0.2, -0.15) is 0 Å². The van der Waals surface area contributed by atoms with E-state index < -0.39 is 11.9 Å². The summed E-state index contributed by atoms with van der Waals surface area (Å²) >= 11 is 4.79. The van der Waals surface area contributed by atoms with Gasteiger partial charge in [0.2, 0.25) is 5.91 Å². The Morgan fingerprint density at radius 2 is 2.00 bits per heavy atom. The lowest BCUT2D eigenvalue weighted by Crippen LogP contribution is -2.09. The standard InChI is InChI=1S/C14H10BrNO4S/c15-12-5-2-9(21-12)3-6-13(18)16-10-7-8(14(19)20)1-4-11(10)17/h1-7,17H,(H,16,18)(H,19,20)/b6-3+. The second kappa shape index (κ2) is 6.55. The minimum atomic E-state index is -1.13. The first kappa shape index (κ1) is 15.3. The number of aromatic hydroxyl groups is 1. The number of benzene rings is 1. The van der Waals surface area contributed by atoms with Crippen LogP contribution in [0.5, 0.6) is 5.75 Å². The molecule has 0 aliphatic carbocycles. The van der Waals surface area contributed by atoms with Crippen LogP contribution in [0.25, 0.3) is 6.08 Å². The maximum atomic E-state index is 11.8. The van der Waals surface area contributed by atoms with Crippen LogP contribution in [0.4, 0.5) is 5.69 Å². The Hall–Kier alpha value is -2.12. The molecule has 0 fully saturated rings. The van der Waals surface area contributed by atoms with Gasteiger partial charge in [0.15, 0.2) is 0 Å². The monoisotopic (exact) mass is 367 g/mol. The molecule has 7 heteroatoms. The maximum absolute atomic E-state index is 11.8. The average Bonchev–Trinajstić information content (AvgIpc) is 2.84. The van der Waals surface area contributed by atoms with E-state index in [4.69, 9.17) is 5.11 Å². The average molecular weight is 368 g/mol. The zero-order valence-electron chi connectivity index (χ0n) is 10.5. The minimum absolute atomic E-state index is 0.0192. The Labute approximate surface area is 132 Å². The predicted octanol–water partition coefficient (Wildman–Crippen LogP) is 3.57. The van der Waals surface area contributed by atoms with Crippen LogP contribution in [0, 0.1) is 0 Å². The molecule has 1 amide bonds. The fraction of sp³-hybridized carbons (Fsp3) is 0. The summed E-state index contributed by atoms with van der Waals surface area (Å²) in [5, 5.41) is 20.9. The van der Waals surface area contributed by atoms with Crippen molar-refractivity contribution < 1.29 is 19.8 Å². The number of amides is 1. The fourth-order valence-electron chi connectivity index (χ4n) is 1.52. The van der Waals surface area contributed by atoms with Crippen LogP contribution in [0.3, 0.4) is 0 Å². The summed E-state index contributed by atoms with van der Waals surface area (Å²) in [6.07, 6.45) is 2.94. The summed E-state index contributed by atoms with van der Waals surface area (Å²) < 4.78 is 0.953. The molecule has 0 spiro atoms. The number of carbonyl (C=O) groups is 2. The zero-order valence-corrected chi connectivity index (χ0v) is 12.9. The molecule has 3 N–H and O–H groups in total. The number of thiophene rings is 1. The molecule has 1 aromatic heterocycles. The summed E-state index contributed by atoms with van der Waals surface area (Å²) in [6.45, 7) is 0. The number of halogens is 1. The van der Waals surface area contributed by atoms with Crippen molar-refractivity contribution in [1.29, 1.82) is 0 Å². The van der Waals surface area contributed by atoms with Crippen molar-refractivity contribution in [3.05, 3.63) is 50.6 Å². The molecule has 0 saturated carbocycles. The lowest BCUT2D eigenvalue weighted by molar-refractivity contribution is -0.111. The van der Waals surface area contributed by atoms with E-state index in [9.17, 15) is 14.7 Å². The Morgan fingerprint density at radius 1 is 1.24 bits per heavy atom. The van der Waals surface area contributed by atoms with E-state index in [0.29, 0.717) is 0 Å². The van der Waals surface area contributed by atoms with Crippen LogP contribution in [0.2, 0.25) is 0 Å². The molecule has 0 saturated heterocycles. The highest BCUT2D eigenvalue weighted by Gasteiger charge is 2.09. The molecule has 1 aromatic carbocycles. The van der Waals surface area contributed by atoms with E-state index in [-0.39, 0.29) is 17.0 Å². The van der Waals surface area contributed by atoms with E-state index >= 15 is 0 Å². The van der Waals surface area contributed by atoms with Gasteiger partial charge >= 0.3 is 5.97 Å². The molecule has 0 atom stereocenters. The molecule has 0 aliphatic heterocycles. The van der Waals surface area contributed by atoms with Gasteiger partial charge in [-0.25, -0.2) is 4.79 Å². The number of phenolic OH excluding ortho intramolecular Hbond substituents is 1.